The van der Waals surface area contributed by atoms with Gasteiger partial charge in [-0.25, -0.2) is 0 Å². The fourth-order valence-electron chi connectivity index (χ4n) is 3.55. The lowest BCUT2D eigenvalue weighted by molar-refractivity contribution is -0.385. The van der Waals surface area contributed by atoms with E-state index >= 15 is 0 Å². The zero-order valence-electron chi connectivity index (χ0n) is 15.1. The van der Waals surface area contributed by atoms with E-state index in [1.807, 2.05) is 66.7 Å². The lowest BCUT2D eigenvalue weighted by Gasteiger charge is -2.15. The summed E-state index contributed by atoms with van der Waals surface area (Å²) in [6.45, 7) is 0. The van der Waals surface area contributed by atoms with Gasteiger partial charge in [-0.2, -0.15) is 0 Å². The third-order valence-corrected chi connectivity index (χ3v) is 5.08. The highest BCUT2D eigenvalue weighted by Crippen LogP contribution is 2.46. The summed E-state index contributed by atoms with van der Waals surface area (Å²) in [4.78, 5) is 11.4. The van der Waals surface area contributed by atoms with Gasteiger partial charge in [0.2, 0.25) is 0 Å². The van der Waals surface area contributed by atoms with Crippen molar-refractivity contribution in [2.75, 3.05) is 7.11 Å². The number of halogens is 1. The molecule has 4 aromatic rings. The summed E-state index contributed by atoms with van der Waals surface area (Å²) in [7, 11) is 1.41. The summed E-state index contributed by atoms with van der Waals surface area (Å²) in [6, 6.07) is 24.8. The number of nitro benzene ring substituents is 1. The van der Waals surface area contributed by atoms with Crippen molar-refractivity contribution in [3.63, 3.8) is 0 Å². The Hall–Kier alpha value is -3.37. The number of methoxy groups -OCH3 is 1. The van der Waals surface area contributed by atoms with Crippen molar-refractivity contribution >= 4 is 28.1 Å². The molecule has 0 heterocycles. The van der Waals surface area contributed by atoms with Crippen LogP contribution in [0.4, 0.5) is 5.69 Å². The minimum Gasteiger partial charge on any atom is -0.490 e. The van der Waals surface area contributed by atoms with Gasteiger partial charge in [-0.1, -0.05) is 78.3 Å². The van der Waals surface area contributed by atoms with Crippen LogP contribution >= 0.6 is 11.6 Å². The van der Waals surface area contributed by atoms with Crippen molar-refractivity contribution in [3.8, 4) is 28.0 Å². The molecule has 0 amide bonds. The second-order valence-corrected chi connectivity index (χ2v) is 6.71. The maximum absolute atomic E-state index is 11.9. The number of ether oxygens (including phenoxy) is 1. The van der Waals surface area contributed by atoms with Crippen molar-refractivity contribution in [2.24, 2.45) is 0 Å². The summed E-state index contributed by atoms with van der Waals surface area (Å²) in [5.74, 6) is 0.178. The first-order valence-corrected chi connectivity index (χ1v) is 9.08. The molecule has 0 unspecified atom stereocenters. The molecule has 4 nitrogen and oxygen atoms in total. The van der Waals surface area contributed by atoms with E-state index < -0.39 is 4.92 Å². The summed E-state index contributed by atoms with van der Waals surface area (Å²) in [5.41, 5.74) is 2.77. The van der Waals surface area contributed by atoms with Crippen molar-refractivity contribution in [1.82, 2.24) is 0 Å². The first kappa shape index (κ1) is 18.0. The van der Waals surface area contributed by atoms with Crippen molar-refractivity contribution in [3.05, 3.63) is 94.0 Å². The molecule has 0 saturated carbocycles. The number of nitrogens with zero attached hydrogens (tertiary/aromatic N) is 1. The Morgan fingerprint density at radius 2 is 1.46 bits per heavy atom. The molecule has 138 valence electrons. The van der Waals surface area contributed by atoms with Gasteiger partial charge in [0.15, 0.2) is 5.75 Å². The molecule has 0 aliphatic carbocycles. The molecular weight excluding hydrogens is 374 g/mol. The molecule has 0 bridgehead atoms. The number of rotatable bonds is 4. The third-order valence-electron chi connectivity index (χ3n) is 4.77. The van der Waals surface area contributed by atoms with Crippen LogP contribution < -0.4 is 4.74 Å². The molecular formula is C23H16ClNO3. The predicted octanol–water partition coefficient (Wildman–Crippen LogP) is 6.74. The maximum atomic E-state index is 11.9. The van der Waals surface area contributed by atoms with Crippen LogP contribution in [0.25, 0.3) is 33.0 Å². The number of hydrogen-bond acceptors (Lipinski definition) is 3. The molecule has 0 fully saturated rings. The standard InChI is InChI=1S/C23H16ClNO3/c1-28-21-14-13-20(24)22(23(21)25(26)27)19-11-5-4-10-18(19)17-12-6-8-15-7-2-3-9-16(15)17/h2-14H,1H3. The molecule has 4 rings (SSSR count). The minimum absolute atomic E-state index is 0.136. The zero-order chi connectivity index (χ0) is 19.7. The quantitative estimate of drug-likeness (QED) is 0.286. The fourth-order valence-corrected chi connectivity index (χ4v) is 3.80. The van der Waals surface area contributed by atoms with Gasteiger partial charge >= 0.3 is 5.69 Å². The van der Waals surface area contributed by atoms with Gasteiger partial charge in [0.25, 0.3) is 0 Å². The molecule has 0 saturated heterocycles. The van der Waals surface area contributed by atoms with Crippen molar-refractivity contribution < 1.29 is 9.66 Å². The molecule has 0 N–H and O–H groups in total. The molecule has 28 heavy (non-hydrogen) atoms. The summed E-state index contributed by atoms with van der Waals surface area (Å²) in [6.07, 6.45) is 0. The number of hydrogen-bond donors (Lipinski definition) is 0. The lowest BCUT2D eigenvalue weighted by Crippen LogP contribution is -1.98. The average molecular weight is 390 g/mol. The summed E-state index contributed by atoms with van der Waals surface area (Å²) in [5, 5.41) is 14.3. The number of benzene rings is 4. The van der Waals surface area contributed by atoms with Gasteiger partial charge in [0, 0.05) is 0 Å². The van der Waals surface area contributed by atoms with Crippen LogP contribution in [-0.4, -0.2) is 12.0 Å². The van der Waals surface area contributed by atoms with Crippen molar-refractivity contribution in [1.29, 1.82) is 0 Å². The molecule has 0 aliphatic rings. The van der Waals surface area contributed by atoms with E-state index in [4.69, 9.17) is 16.3 Å². The van der Waals surface area contributed by atoms with E-state index in [0.717, 1.165) is 21.9 Å². The largest absolute Gasteiger partial charge is 0.490 e. The minimum atomic E-state index is -0.445. The van der Waals surface area contributed by atoms with Gasteiger partial charge in [-0.05, 0) is 39.6 Å². The van der Waals surface area contributed by atoms with Crippen LogP contribution in [-0.2, 0) is 0 Å². The smallest absolute Gasteiger partial charge is 0.320 e. The van der Waals surface area contributed by atoms with Crippen LogP contribution in [0.5, 0.6) is 5.75 Å². The van der Waals surface area contributed by atoms with E-state index in [-0.39, 0.29) is 11.4 Å². The zero-order valence-corrected chi connectivity index (χ0v) is 15.8. The second-order valence-electron chi connectivity index (χ2n) is 6.30. The second kappa shape index (κ2) is 7.33. The first-order chi connectivity index (χ1) is 13.6. The molecule has 0 atom stereocenters. The van der Waals surface area contributed by atoms with Crippen LogP contribution in [0.3, 0.4) is 0 Å². The van der Waals surface area contributed by atoms with Crippen LogP contribution in [0.15, 0.2) is 78.9 Å². The molecule has 0 aromatic heterocycles. The molecule has 0 radical (unpaired) electrons. The Balaban J connectivity index is 2.07. The van der Waals surface area contributed by atoms with Gasteiger partial charge in [-0.15, -0.1) is 0 Å². The van der Waals surface area contributed by atoms with Gasteiger partial charge < -0.3 is 4.74 Å². The van der Waals surface area contributed by atoms with Crippen LogP contribution in [0, 0.1) is 10.1 Å². The Morgan fingerprint density at radius 3 is 2.21 bits per heavy atom. The van der Waals surface area contributed by atoms with E-state index in [9.17, 15) is 10.1 Å². The molecule has 5 heteroatoms. The number of nitro groups is 1. The van der Waals surface area contributed by atoms with Gasteiger partial charge in [-0.3, -0.25) is 10.1 Å². The summed E-state index contributed by atoms with van der Waals surface area (Å²) < 4.78 is 5.24. The summed E-state index contributed by atoms with van der Waals surface area (Å²) >= 11 is 6.45. The first-order valence-electron chi connectivity index (χ1n) is 8.70. The fraction of sp³-hybridized carbons (Fsp3) is 0.0435. The third kappa shape index (κ3) is 2.98. The Kier molecular flexibility index (Phi) is 4.72. The van der Waals surface area contributed by atoms with Crippen LogP contribution in [0.2, 0.25) is 5.02 Å². The highest BCUT2D eigenvalue weighted by molar-refractivity contribution is 6.34. The van der Waals surface area contributed by atoms with E-state index in [1.165, 1.54) is 13.2 Å². The predicted molar refractivity (Wildman–Crippen MR) is 113 cm³/mol. The maximum Gasteiger partial charge on any atom is 0.320 e. The SMILES string of the molecule is COc1ccc(Cl)c(-c2ccccc2-c2cccc3ccccc23)c1[N+](=O)[O-]. The van der Waals surface area contributed by atoms with Gasteiger partial charge in [0.1, 0.15) is 0 Å². The highest BCUT2D eigenvalue weighted by Gasteiger charge is 2.26. The number of fused-ring (bicyclic) bond motifs is 1. The Morgan fingerprint density at radius 1 is 0.821 bits per heavy atom. The molecule has 4 aromatic carbocycles. The highest BCUT2D eigenvalue weighted by atomic mass is 35.5. The monoisotopic (exact) mass is 389 g/mol. The topological polar surface area (TPSA) is 52.4 Å². The Bertz CT molecular complexity index is 1200. The molecule has 0 aliphatic heterocycles. The van der Waals surface area contributed by atoms with E-state index in [1.54, 1.807) is 6.07 Å². The van der Waals surface area contributed by atoms with E-state index in [0.29, 0.717) is 16.1 Å². The average Bonchev–Trinajstić information content (AvgIpc) is 2.73. The van der Waals surface area contributed by atoms with Crippen LogP contribution in [0.1, 0.15) is 0 Å². The lowest BCUT2D eigenvalue weighted by atomic mass is 9.90. The van der Waals surface area contributed by atoms with Gasteiger partial charge in [0.05, 0.1) is 22.6 Å². The molecule has 0 spiro atoms. The normalized spacial score (nSPS) is 10.8. The van der Waals surface area contributed by atoms with E-state index in [2.05, 4.69) is 0 Å². The van der Waals surface area contributed by atoms with Crippen molar-refractivity contribution in [2.45, 2.75) is 0 Å². The Labute approximate surface area is 167 Å².